The Labute approximate surface area is 96.7 Å². The van der Waals surface area contributed by atoms with Gasteiger partial charge in [0.15, 0.2) is 0 Å². The smallest absolute Gasteiger partial charge is 0.303 e. The maximum atomic E-state index is 10.6. The third-order valence-electron chi connectivity index (χ3n) is 2.55. The number of hydrogen-bond acceptors (Lipinski definition) is 2. The molecular weight excluding hydrogens is 202 g/mol. The number of hydrogen-bond donors (Lipinski definition) is 1. The van der Waals surface area contributed by atoms with Crippen molar-refractivity contribution >= 4 is 11.7 Å². The first-order valence-corrected chi connectivity index (χ1v) is 5.48. The van der Waals surface area contributed by atoms with Gasteiger partial charge in [0, 0.05) is 25.7 Å². The lowest BCUT2D eigenvalue weighted by Crippen LogP contribution is -2.25. The van der Waals surface area contributed by atoms with Gasteiger partial charge in [0.05, 0.1) is 0 Å². The van der Waals surface area contributed by atoms with Crippen molar-refractivity contribution in [2.24, 2.45) is 5.92 Å². The summed E-state index contributed by atoms with van der Waals surface area (Å²) >= 11 is 0. The number of carboxylic acids is 1. The number of nitrogens with zero attached hydrogens (tertiary/aromatic N) is 1. The van der Waals surface area contributed by atoms with Gasteiger partial charge < -0.3 is 10.0 Å². The van der Waals surface area contributed by atoms with Gasteiger partial charge in [0.2, 0.25) is 0 Å². The van der Waals surface area contributed by atoms with E-state index in [-0.39, 0.29) is 12.3 Å². The second-order valence-corrected chi connectivity index (χ2v) is 4.42. The summed E-state index contributed by atoms with van der Waals surface area (Å²) < 4.78 is 0. The first-order valence-electron chi connectivity index (χ1n) is 5.48. The fourth-order valence-corrected chi connectivity index (χ4v) is 1.80. The average Bonchev–Trinajstić information content (AvgIpc) is 2.16. The molecule has 0 aliphatic heterocycles. The van der Waals surface area contributed by atoms with Crippen LogP contribution in [0.3, 0.4) is 0 Å². The Balaban J connectivity index is 2.58. The number of rotatable bonds is 5. The molecule has 3 nitrogen and oxygen atoms in total. The molecule has 1 N–H and O–H groups in total. The standard InChI is InChI=1S/C13H19NO2/c1-10-5-4-6-12(7-10)14(3)9-11(2)8-13(15)16/h4-7,11H,8-9H2,1-3H3,(H,15,16). The number of aryl methyl sites for hydroxylation is 1. The predicted octanol–water partition coefficient (Wildman–Crippen LogP) is 2.54. The lowest BCUT2D eigenvalue weighted by Gasteiger charge is -2.23. The molecule has 0 radical (unpaired) electrons. The number of aliphatic carboxylic acids is 1. The highest BCUT2D eigenvalue weighted by Crippen LogP contribution is 2.16. The lowest BCUT2D eigenvalue weighted by molar-refractivity contribution is -0.137. The summed E-state index contributed by atoms with van der Waals surface area (Å²) in [5.41, 5.74) is 2.35. The van der Waals surface area contributed by atoms with E-state index >= 15 is 0 Å². The number of carboxylic acid groups (broad SMARTS) is 1. The minimum absolute atomic E-state index is 0.156. The Morgan fingerprint density at radius 2 is 2.19 bits per heavy atom. The molecule has 0 aliphatic carbocycles. The van der Waals surface area contributed by atoms with Gasteiger partial charge in [-0.15, -0.1) is 0 Å². The SMILES string of the molecule is Cc1cccc(N(C)CC(C)CC(=O)O)c1. The highest BCUT2D eigenvalue weighted by molar-refractivity contribution is 5.67. The summed E-state index contributed by atoms with van der Waals surface area (Å²) in [6, 6.07) is 8.22. The third-order valence-corrected chi connectivity index (χ3v) is 2.55. The first-order chi connectivity index (χ1) is 7.49. The lowest BCUT2D eigenvalue weighted by atomic mass is 10.1. The Hall–Kier alpha value is -1.51. The van der Waals surface area contributed by atoms with Crippen molar-refractivity contribution in [2.75, 3.05) is 18.5 Å². The van der Waals surface area contributed by atoms with Crippen molar-refractivity contribution in [3.63, 3.8) is 0 Å². The van der Waals surface area contributed by atoms with E-state index in [0.717, 1.165) is 12.2 Å². The second-order valence-electron chi connectivity index (χ2n) is 4.42. The van der Waals surface area contributed by atoms with E-state index in [9.17, 15) is 4.79 Å². The molecule has 0 amide bonds. The third kappa shape index (κ3) is 3.93. The minimum Gasteiger partial charge on any atom is -0.481 e. The van der Waals surface area contributed by atoms with Crippen molar-refractivity contribution in [2.45, 2.75) is 20.3 Å². The first kappa shape index (κ1) is 12.6. The second kappa shape index (κ2) is 5.54. The Morgan fingerprint density at radius 3 is 2.75 bits per heavy atom. The molecule has 1 unspecified atom stereocenters. The van der Waals surface area contributed by atoms with Crippen LogP contribution in [0.25, 0.3) is 0 Å². The van der Waals surface area contributed by atoms with Crippen LogP contribution in [0.15, 0.2) is 24.3 Å². The van der Waals surface area contributed by atoms with Gasteiger partial charge in [-0.3, -0.25) is 4.79 Å². The van der Waals surface area contributed by atoms with Gasteiger partial charge in [-0.05, 0) is 30.5 Å². The largest absolute Gasteiger partial charge is 0.481 e. The fourth-order valence-electron chi connectivity index (χ4n) is 1.80. The summed E-state index contributed by atoms with van der Waals surface area (Å²) in [5, 5.41) is 8.69. The van der Waals surface area contributed by atoms with E-state index in [1.165, 1.54) is 5.56 Å². The number of benzene rings is 1. The topological polar surface area (TPSA) is 40.5 Å². The molecule has 0 spiro atoms. The van der Waals surface area contributed by atoms with Crippen molar-refractivity contribution < 1.29 is 9.90 Å². The van der Waals surface area contributed by atoms with E-state index in [4.69, 9.17) is 5.11 Å². The molecule has 88 valence electrons. The van der Waals surface area contributed by atoms with Crippen molar-refractivity contribution in [1.82, 2.24) is 0 Å². The number of carbonyl (C=O) groups is 1. The zero-order valence-electron chi connectivity index (χ0n) is 10.1. The molecule has 1 aromatic carbocycles. The van der Waals surface area contributed by atoms with Crippen LogP contribution in [0.4, 0.5) is 5.69 Å². The van der Waals surface area contributed by atoms with Crippen LogP contribution in [-0.4, -0.2) is 24.7 Å². The minimum atomic E-state index is -0.731. The quantitative estimate of drug-likeness (QED) is 0.830. The van der Waals surface area contributed by atoms with Crippen molar-refractivity contribution in [3.05, 3.63) is 29.8 Å². The average molecular weight is 221 g/mol. The van der Waals surface area contributed by atoms with Crippen LogP contribution >= 0.6 is 0 Å². The molecule has 16 heavy (non-hydrogen) atoms. The van der Waals surface area contributed by atoms with Crippen molar-refractivity contribution in [3.8, 4) is 0 Å². The molecule has 1 aromatic rings. The summed E-state index contributed by atoms with van der Waals surface area (Å²) in [4.78, 5) is 12.7. The molecule has 0 fully saturated rings. The summed E-state index contributed by atoms with van der Waals surface area (Å²) in [6.45, 7) is 4.77. The van der Waals surface area contributed by atoms with Gasteiger partial charge in [-0.1, -0.05) is 19.1 Å². The van der Waals surface area contributed by atoms with Gasteiger partial charge in [0.1, 0.15) is 0 Å². The van der Waals surface area contributed by atoms with Crippen molar-refractivity contribution in [1.29, 1.82) is 0 Å². The van der Waals surface area contributed by atoms with E-state index < -0.39 is 5.97 Å². The maximum absolute atomic E-state index is 10.6. The van der Waals surface area contributed by atoms with Crippen LogP contribution < -0.4 is 4.90 Å². The molecule has 3 heteroatoms. The zero-order valence-corrected chi connectivity index (χ0v) is 10.1. The highest BCUT2D eigenvalue weighted by Gasteiger charge is 2.10. The van der Waals surface area contributed by atoms with E-state index in [2.05, 4.69) is 24.0 Å². The fraction of sp³-hybridized carbons (Fsp3) is 0.462. The van der Waals surface area contributed by atoms with Gasteiger partial charge in [-0.2, -0.15) is 0 Å². The molecule has 0 aromatic heterocycles. The summed E-state index contributed by atoms with van der Waals surface area (Å²) in [5.74, 6) is -0.576. The van der Waals surface area contributed by atoms with Crippen LogP contribution in [0, 0.1) is 12.8 Å². The molecule has 1 atom stereocenters. The van der Waals surface area contributed by atoms with Gasteiger partial charge in [-0.25, -0.2) is 0 Å². The van der Waals surface area contributed by atoms with Crippen LogP contribution in [0.5, 0.6) is 0 Å². The summed E-state index contributed by atoms with van der Waals surface area (Å²) in [7, 11) is 1.99. The predicted molar refractivity (Wildman–Crippen MR) is 65.9 cm³/mol. The molecule has 0 heterocycles. The zero-order chi connectivity index (χ0) is 12.1. The monoisotopic (exact) mass is 221 g/mol. The Kier molecular flexibility index (Phi) is 4.35. The molecule has 0 saturated carbocycles. The molecule has 0 aliphatic rings. The Morgan fingerprint density at radius 1 is 1.50 bits per heavy atom. The van der Waals surface area contributed by atoms with E-state index in [1.54, 1.807) is 0 Å². The molecular formula is C13H19NO2. The van der Waals surface area contributed by atoms with Gasteiger partial charge in [0.25, 0.3) is 0 Å². The van der Waals surface area contributed by atoms with Crippen LogP contribution in [0.1, 0.15) is 18.9 Å². The van der Waals surface area contributed by atoms with E-state index in [1.807, 2.05) is 26.1 Å². The molecule has 0 saturated heterocycles. The molecule has 1 rings (SSSR count). The highest BCUT2D eigenvalue weighted by atomic mass is 16.4. The normalized spacial score (nSPS) is 12.2. The summed E-state index contributed by atoms with van der Waals surface area (Å²) in [6.07, 6.45) is 0.218. The van der Waals surface area contributed by atoms with Gasteiger partial charge >= 0.3 is 5.97 Å². The van der Waals surface area contributed by atoms with E-state index in [0.29, 0.717) is 0 Å². The number of anilines is 1. The molecule has 0 bridgehead atoms. The Bertz CT molecular complexity index is 363. The van der Waals surface area contributed by atoms with Crippen LogP contribution in [0.2, 0.25) is 0 Å². The van der Waals surface area contributed by atoms with Crippen LogP contribution in [-0.2, 0) is 4.79 Å². The maximum Gasteiger partial charge on any atom is 0.303 e.